The van der Waals surface area contributed by atoms with Gasteiger partial charge in [0.25, 0.3) is 0 Å². The Kier molecular flexibility index (Phi) is 5.96. The largest absolute Gasteiger partial charge is 0.393 e. The molecule has 2 aliphatic rings. The van der Waals surface area contributed by atoms with Gasteiger partial charge in [-0.25, -0.2) is 0 Å². The van der Waals surface area contributed by atoms with Crippen molar-refractivity contribution in [3.63, 3.8) is 0 Å². The fourth-order valence-electron chi connectivity index (χ4n) is 3.79. The van der Waals surface area contributed by atoms with Gasteiger partial charge in [0.2, 0.25) is 0 Å². The fourth-order valence-corrected chi connectivity index (χ4v) is 7.42. The molecule has 0 spiro atoms. The first-order chi connectivity index (χ1) is 8.79. The molecular formula is C16H29OSi. The Hall–Kier alpha value is -0.0831. The third-order valence-corrected chi connectivity index (χ3v) is 8.64. The number of allylic oxidation sites excluding steroid dienone is 1. The van der Waals surface area contributed by atoms with E-state index in [1.54, 1.807) is 0 Å². The monoisotopic (exact) mass is 265 g/mol. The van der Waals surface area contributed by atoms with E-state index in [0.29, 0.717) is 0 Å². The van der Waals surface area contributed by atoms with Crippen molar-refractivity contribution in [3.05, 3.63) is 12.7 Å². The summed E-state index contributed by atoms with van der Waals surface area (Å²) in [5, 5.41) is 9.60. The molecule has 1 N–H and O–H groups in total. The van der Waals surface area contributed by atoms with Crippen LogP contribution in [0.2, 0.25) is 17.6 Å². The molecule has 0 aromatic carbocycles. The summed E-state index contributed by atoms with van der Waals surface area (Å²) in [5.74, 6) is 1.01. The summed E-state index contributed by atoms with van der Waals surface area (Å²) in [6.07, 6.45) is 14.3. The van der Waals surface area contributed by atoms with E-state index in [2.05, 4.69) is 12.7 Å². The Bertz CT molecular complexity index is 237. The molecule has 2 fully saturated rings. The van der Waals surface area contributed by atoms with Crippen molar-refractivity contribution < 1.29 is 5.11 Å². The number of aliphatic hydroxyl groups is 1. The molecule has 18 heavy (non-hydrogen) atoms. The molecular weight excluding hydrogens is 236 g/mol. The van der Waals surface area contributed by atoms with Gasteiger partial charge >= 0.3 is 0 Å². The molecule has 1 aliphatic carbocycles. The molecule has 1 aliphatic heterocycles. The van der Waals surface area contributed by atoms with Gasteiger partial charge < -0.3 is 5.11 Å². The van der Waals surface area contributed by atoms with E-state index in [0.717, 1.165) is 24.3 Å². The maximum atomic E-state index is 9.60. The van der Waals surface area contributed by atoms with Crippen molar-refractivity contribution in [1.29, 1.82) is 0 Å². The normalized spacial score (nSPS) is 31.4. The van der Waals surface area contributed by atoms with Crippen LogP contribution < -0.4 is 0 Å². The van der Waals surface area contributed by atoms with Gasteiger partial charge in [0.1, 0.15) is 0 Å². The summed E-state index contributed by atoms with van der Waals surface area (Å²) in [6, 6.07) is 2.77. The zero-order chi connectivity index (χ0) is 12.8. The second-order valence-electron chi connectivity index (χ2n) is 6.33. The zero-order valence-corrected chi connectivity index (χ0v) is 12.7. The Labute approximate surface area is 114 Å². The Morgan fingerprint density at radius 1 is 1.06 bits per heavy atom. The first-order valence-electron chi connectivity index (χ1n) is 7.93. The van der Waals surface area contributed by atoms with Crippen LogP contribution in [0.5, 0.6) is 0 Å². The van der Waals surface area contributed by atoms with Gasteiger partial charge in [0.05, 0.1) is 14.9 Å². The van der Waals surface area contributed by atoms with Crippen LogP contribution in [-0.4, -0.2) is 20.0 Å². The van der Waals surface area contributed by atoms with Crippen molar-refractivity contribution in [2.75, 3.05) is 0 Å². The standard InChI is InChI=1S/C16H29OSi/c1-2-3-4-5-14-6-8-16(9-7-14)18-12-10-15(17)11-13-18/h2,14-17H,1,3-13H2. The van der Waals surface area contributed by atoms with Gasteiger partial charge in [-0.1, -0.05) is 50.3 Å². The summed E-state index contributed by atoms with van der Waals surface area (Å²) in [5.41, 5.74) is 1.08. The second kappa shape index (κ2) is 7.49. The van der Waals surface area contributed by atoms with Crippen molar-refractivity contribution >= 4 is 8.80 Å². The van der Waals surface area contributed by atoms with Crippen LogP contribution >= 0.6 is 0 Å². The molecule has 0 aromatic rings. The van der Waals surface area contributed by atoms with E-state index < -0.39 is 0 Å². The summed E-state index contributed by atoms with van der Waals surface area (Å²) < 4.78 is 0. The van der Waals surface area contributed by atoms with Crippen LogP contribution in [0, 0.1) is 5.92 Å². The van der Waals surface area contributed by atoms with Gasteiger partial charge in [-0.15, -0.1) is 6.58 Å². The van der Waals surface area contributed by atoms with Crippen LogP contribution in [0.1, 0.15) is 57.8 Å². The van der Waals surface area contributed by atoms with Crippen LogP contribution in [0.25, 0.3) is 0 Å². The fraction of sp³-hybridized carbons (Fsp3) is 0.875. The third kappa shape index (κ3) is 4.24. The maximum absolute atomic E-state index is 9.60. The lowest BCUT2D eigenvalue weighted by atomic mass is 9.85. The minimum absolute atomic E-state index is 0.0361. The van der Waals surface area contributed by atoms with Crippen molar-refractivity contribution in [3.8, 4) is 0 Å². The molecule has 2 rings (SSSR count). The SMILES string of the molecule is C=CCCCC1CCC([Si]2CCC(O)CC2)CC1. The average molecular weight is 265 g/mol. The minimum atomic E-state index is -0.105. The van der Waals surface area contributed by atoms with E-state index >= 15 is 0 Å². The van der Waals surface area contributed by atoms with Crippen molar-refractivity contribution in [2.45, 2.75) is 81.5 Å². The summed E-state index contributed by atoms with van der Waals surface area (Å²) in [7, 11) is -0.105. The smallest absolute Gasteiger partial charge is 0.0534 e. The highest BCUT2D eigenvalue weighted by Crippen LogP contribution is 2.41. The lowest BCUT2D eigenvalue weighted by molar-refractivity contribution is 0.159. The molecule has 2 heteroatoms. The minimum Gasteiger partial charge on any atom is -0.393 e. The number of aliphatic hydroxyl groups excluding tert-OH is 1. The van der Waals surface area contributed by atoms with Crippen LogP contribution in [0.3, 0.4) is 0 Å². The van der Waals surface area contributed by atoms with E-state index in [9.17, 15) is 5.11 Å². The molecule has 0 aromatic heterocycles. The van der Waals surface area contributed by atoms with Crippen LogP contribution in [-0.2, 0) is 0 Å². The molecule has 1 radical (unpaired) electrons. The lowest BCUT2D eigenvalue weighted by Gasteiger charge is -2.36. The summed E-state index contributed by atoms with van der Waals surface area (Å²) in [4.78, 5) is 0. The molecule has 1 saturated heterocycles. The highest BCUT2D eigenvalue weighted by molar-refractivity contribution is 6.60. The van der Waals surface area contributed by atoms with E-state index in [1.807, 2.05) is 0 Å². The number of unbranched alkanes of at least 4 members (excludes halogenated alkanes) is 1. The molecule has 0 atom stereocenters. The molecule has 1 saturated carbocycles. The van der Waals surface area contributed by atoms with Gasteiger partial charge in [0, 0.05) is 0 Å². The average Bonchev–Trinajstić information content (AvgIpc) is 2.41. The van der Waals surface area contributed by atoms with Crippen molar-refractivity contribution in [2.24, 2.45) is 5.92 Å². The number of hydrogen-bond donors (Lipinski definition) is 1. The van der Waals surface area contributed by atoms with Crippen LogP contribution in [0.4, 0.5) is 0 Å². The van der Waals surface area contributed by atoms with Crippen LogP contribution in [0.15, 0.2) is 12.7 Å². The number of rotatable bonds is 5. The highest BCUT2D eigenvalue weighted by Gasteiger charge is 2.31. The predicted molar refractivity (Wildman–Crippen MR) is 80.4 cm³/mol. The van der Waals surface area contributed by atoms with Gasteiger partial charge in [-0.3, -0.25) is 0 Å². The third-order valence-electron chi connectivity index (χ3n) is 5.04. The first kappa shape index (κ1) is 14.3. The van der Waals surface area contributed by atoms with Gasteiger partial charge in [-0.05, 0) is 37.1 Å². The highest BCUT2D eigenvalue weighted by atomic mass is 28.3. The van der Waals surface area contributed by atoms with E-state index in [1.165, 1.54) is 57.0 Å². The summed E-state index contributed by atoms with van der Waals surface area (Å²) in [6.45, 7) is 3.81. The predicted octanol–water partition coefficient (Wildman–Crippen LogP) is 4.55. The topological polar surface area (TPSA) is 20.2 Å². The lowest BCUT2D eigenvalue weighted by Crippen LogP contribution is -2.31. The Morgan fingerprint density at radius 3 is 2.33 bits per heavy atom. The molecule has 103 valence electrons. The molecule has 0 unspecified atom stereocenters. The quantitative estimate of drug-likeness (QED) is 0.439. The Balaban J connectivity index is 1.65. The molecule has 0 bridgehead atoms. The summed E-state index contributed by atoms with van der Waals surface area (Å²) >= 11 is 0. The maximum Gasteiger partial charge on any atom is 0.0534 e. The number of hydrogen-bond acceptors (Lipinski definition) is 1. The Morgan fingerprint density at radius 2 is 1.72 bits per heavy atom. The van der Waals surface area contributed by atoms with Gasteiger partial charge in [-0.2, -0.15) is 0 Å². The molecule has 0 amide bonds. The van der Waals surface area contributed by atoms with E-state index in [4.69, 9.17) is 0 Å². The zero-order valence-electron chi connectivity index (χ0n) is 11.7. The molecule has 1 heterocycles. The van der Waals surface area contributed by atoms with Gasteiger partial charge in [0.15, 0.2) is 0 Å². The molecule has 1 nitrogen and oxygen atoms in total. The second-order valence-corrected chi connectivity index (χ2v) is 9.46. The van der Waals surface area contributed by atoms with E-state index in [-0.39, 0.29) is 14.9 Å². The first-order valence-corrected chi connectivity index (χ1v) is 9.92. The van der Waals surface area contributed by atoms with Crippen molar-refractivity contribution in [1.82, 2.24) is 0 Å².